The molecule has 0 atom stereocenters. The van der Waals surface area contributed by atoms with E-state index in [9.17, 15) is 4.79 Å². The largest absolute Gasteiger partial charge is 0.445 e. The molecule has 0 spiro atoms. The number of aromatic nitrogens is 2. The van der Waals surface area contributed by atoms with Gasteiger partial charge in [-0.1, -0.05) is 0 Å². The van der Waals surface area contributed by atoms with Gasteiger partial charge in [0.2, 0.25) is 0 Å². The number of aryl methyl sites for hydroxylation is 1. The number of morpholine rings is 1. The van der Waals surface area contributed by atoms with Crippen molar-refractivity contribution in [2.45, 2.75) is 25.8 Å². The highest BCUT2D eigenvalue weighted by atomic mass is 16.5. The number of hydrogen-bond donors (Lipinski definition) is 1. The molecule has 1 N–H and O–H groups in total. The van der Waals surface area contributed by atoms with Crippen LogP contribution in [0.1, 0.15) is 29.2 Å². The average molecular weight is 346 g/mol. The summed E-state index contributed by atoms with van der Waals surface area (Å²) in [5.74, 6) is 1.45. The van der Waals surface area contributed by atoms with Gasteiger partial charge in [-0.05, 0) is 19.8 Å². The minimum atomic E-state index is -0.213. The minimum Gasteiger partial charge on any atom is -0.445 e. The van der Waals surface area contributed by atoms with Gasteiger partial charge in [-0.15, -0.1) is 0 Å². The van der Waals surface area contributed by atoms with Crippen LogP contribution < -0.4 is 10.2 Å². The second kappa shape index (κ2) is 6.97. The highest BCUT2D eigenvalue weighted by Crippen LogP contribution is 2.28. The number of amides is 1. The molecule has 2 aromatic rings. The normalized spacial score (nSPS) is 19.3. The molecule has 4 rings (SSSR count). The highest BCUT2D eigenvalue weighted by molar-refractivity contribution is 5.97. The van der Waals surface area contributed by atoms with E-state index in [0.717, 1.165) is 31.7 Å². The predicted octanol–water partition coefficient (Wildman–Crippen LogP) is 1.28. The zero-order valence-electron chi connectivity index (χ0n) is 14.3. The molecule has 0 unspecified atom stereocenters. The quantitative estimate of drug-likeness (QED) is 0.895. The van der Waals surface area contributed by atoms with Crippen LogP contribution in [0.25, 0.3) is 11.1 Å². The van der Waals surface area contributed by atoms with E-state index in [0.29, 0.717) is 43.4 Å². The number of carbonyl (C=O) groups excluding carboxylic acids is 1. The first-order valence-electron chi connectivity index (χ1n) is 8.70. The van der Waals surface area contributed by atoms with E-state index in [4.69, 9.17) is 13.9 Å². The van der Waals surface area contributed by atoms with Crippen LogP contribution in [0.4, 0.5) is 5.82 Å². The highest BCUT2D eigenvalue weighted by Gasteiger charge is 2.23. The molecular formula is C17H22N4O4. The summed E-state index contributed by atoms with van der Waals surface area (Å²) in [5.41, 5.74) is 1.22. The van der Waals surface area contributed by atoms with Gasteiger partial charge in [-0.25, -0.2) is 9.97 Å². The molecule has 0 saturated carbocycles. The molecule has 0 aliphatic carbocycles. The molecule has 8 heteroatoms. The maximum Gasteiger partial charge on any atom is 0.287 e. The molecule has 25 heavy (non-hydrogen) atoms. The van der Waals surface area contributed by atoms with Gasteiger partial charge in [-0.2, -0.15) is 0 Å². The van der Waals surface area contributed by atoms with E-state index < -0.39 is 0 Å². The number of ether oxygens (including phenoxy) is 2. The van der Waals surface area contributed by atoms with Crippen molar-refractivity contribution in [3.63, 3.8) is 0 Å². The van der Waals surface area contributed by atoms with Crippen molar-refractivity contribution in [2.75, 3.05) is 44.4 Å². The van der Waals surface area contributed by atoms with Crippen molar-refractivity contribution in [1.29, 1.82) is 0 Å². The van der Waals surface area contributed by atoms with Gasteiger partial charge in [0, 0.05) is 38.4 Å². The lowest BCUT2D eigenvalue weighted by molar-refractivity contribution is 0.0684. The summed E-state index contributed by atoms with van der Waals surface area (Å²) >= 11 is 0. The number of rotatable bonds is 3. The molecule has 0 radical (unpaired) electrons. The molecule has 1 amide bonds. The molecule has 2 aromatic heterocycles. The molecule has 0 aromatic carbocycles. The van der Waals surface area contributed by atoms with Gasteiger partial charge < -0.3 is 24.1 Å². The van der Waals surface area contributed by atoms with Crippen molar-refractivity contribution < 1.29 is 18.7 Å². The zero-order chi connectivity index (χ0) is 17.2. The van der Waals surface area contributed by atoms with Crippen molar-refractivity contribution in [3.8, 4) is 0 Å². The monoisotopic (exact) mass is 346 g/mol. The number of hydrogen-bond acceptors (Lipinski definition) is 7. The van der Waals surface area contributed by atoms with E-state index in [1.807, 2.05) is 6.92 Å². The third-order valence-corrected chi connectivity index (χ3v) is 4.56. The molecule has 2 aliphatic heterocycles. The van der Waals surface area contributed by atoms with Gasteiger partial charge in [-0.3, -0.25) is 4.79 Å². The van der Waals surface area contributed by atoms with E-state index in [1.165, 1.54) is 0 Å². The van der Waals surface area contributed by atoms with Gasteiger partial charge in [0.05, 0.1) is 13.2 Å². The summed E-state index contributed by atoms with van der Waals surface area (Å²) in [6.45, 7) is 6.00. The van der Waals surface area contributed by atoms with E-state index >= 15 is 0 Å². The van der Waals surface area contributed by atoms with Crippen molar-refractivity contribution in [1.82, 2.24) is 15.3 Å². The smallest absolute Gasteiger partial charge is 0.287 e. The Labute approximate surface area is 145 Å². The van der Waals surface area contributed by atoms with Crippen molar-refractivity contribution in [2.24, 2.45) is 0 Å². The zero-order valence-corrected chi connectivity index (χ0v) is 14.3. The van der Waals surface area contributed by atoms with Crippen LogP contribution in [0, 0.1) is 6.92 Å². The molecule has 2 saturated heterocycles. The summed E-state index contributed by atoms with van der Waals surface area (Å²) < 4.78 is 16.6. The van der Waals surface area contributed by atoms with Crippen LogP contribution in [-0.2, 0) is 9.47 Å². The molecular weight excluding hydrogens is 324 g/mol. The number of anilines is 1. The first kappa shape index (κ1) is 16.3. The Bertz CT molecular complexity index is 763. The standard InChI is InChI=1S/C17H22N4O4/c1-11-18-13-10-14(17(22)20-12-2-6-23-7-3-12)25-15(13)16(19-11)21-4-8-24-9-5-21/h10,12H,2-9H2,1H3,(H,20,22). The van der Waals surface area contributed by atoms with E-state index in [-0.39, 0.29) is 17.7 Å². The fraction of sp³-hybridized carbons (Fsp3) is 0.588. The summed E-state index contributed by atoms with van der Waals surface area (Å²) in [6, 6.07) is 1.82. The van der Waals surface area contributed by atoms with Crippen molar-refractivity contribution in [3.05, 3.63) is 17.7 Å². The number of fused-ring (bicyclic) bond motifs is 1. The fourth-order valence-electron chi connectivity index (χ4n) is 3.23. The van der Waals surface area contributed by atoms with E-state index in [1.54, 1.807) is 6.07 Å². The average Bonchev–Trinajstić information content (AvgIpc) is 3.06. The fourth-order valence-corrected chi connectivity index (χ4v) is 3.23. The van der Waals surface area contributed by atoms with Crippen LogP contribution >= 0.6 is 0 Å². The maximum atomic E-state index is 12.5. The van der Waals surface area contributed by atoms with Gasteiger partial charge >= 0.3 is 0 Å². The Kier molecular flexibility index (Phi) is 4.54. The van der Waals surface area contributed by atoms with Crippen LogP contribution in [0.3, 0.4) is 0 Å². The Morgan fingerprint density at radius 2 is 1.88 bits per heavy atom. The lowest BCUT2D eigenvalue weighted by Crippen LogP contribution is -2.38. The lowest BCUT2D eigenvalue weighted by Gasteiger charge is -2.27. The third kappa shape index (κ3) is 3.45. The third-order valence-electron chi connectivity index (χ3n) is 4.56. The lowest BCUT2D eigenvalue weighted by atomic mass is 10.1. The Hall–Kier alpha value is -2.19. The topological polar surface area (TPSA) is 89.7 Å². The summed E-state index contributed by atoms with van der Waals surface area (Å²) in [7, 11) is 0. The van der Waals surface area contributed by atoms with Gasteiger partial charge in [0.15, 0.2) is 17.2 Å². The SMILES string of the molecule is Cc1nc(N2CCOCC2)c2oc(C(=O)NC3CCOCC3)cc2n1. The van der Waals surface area contributed by atoms with Crippen LogP contribution in [0.5, 0.6) is 0 Å². The molecule has 2 fully saturated rings. The summed E-state index contributed by atoms with van der Waals surface area (Å²) in [5, 5.41) is 3.02. The Morgan fingerprint density at radius 3 is 2.64 bits per heavy atom. The molecule has 134 valence electrons. The van der Waals surface area contributed by atoms with Crippen LogP contribution in [0.2, 0.25) is 0 Å². The van der Waals surface area contributed by atoms with Gasteiger partial charge in [0.1, 0.15) is 11.3 Å². The first-order valence-corrected chi connectivity index (χ1v) is 8.70. The molecule has 8 nitrogen and oxygen atoms in total. The number of nitrogens with one attached hydrogen (secondary N) is 1. The Balaban J connectivity index is 1.61. The summed E-state index contributed by atoms with van der Waals surface area (Å²) in [4.78, 5) is 23.6. The Morgan fingerprint density at radius 1 is 1.16 bits per heavy atom. The maximum absolute atomic E-state index is 12.5. The van der Waals surface area contributed by atoms with Crippen LogP contribution in [-0.4, -0.2) is 61.4 Å². The minimum absolute atomic E-state index is 0.126. The molecule has 0 bridgehead atoms. The van der Waals surface area contributed by atoms with Crippen molar-refractivity contribution >= 4 is 22.8 Å². The van der Waals surface area contributed by atoms with E-state index in [2.05, 4.69) is 20.2 Å². The number of carbonyl (C=O) groups is 1. The number of nitrogens with zero attached hydrogens (tertiary/aromatic N) is 3. The predicted molar refractivity (Wildman–Crippen MR) is 90.9 cm³/mol. The first-order chi connectivity index (χ1) is 12.2. The second-order valence-electron chi connectivity index (χ2n) is 6.38. The second-order valence-corrected chi connectivity index (χ2v) is 6.38. The molecule has 4 heterocycles. The van der Waals surface area contributed by atoms with Crippen LogP contribution in [0.15, 0.2) is 10.5 Å². The summed E-state index contributed by atoms with van der Waals surface area (Å²) in [6.07, 6.45) is 1.65. The molecule has 2 aliphatic rings. The number of furan rings is 1. The van der Waals surface area contributed by atoms with Gasteiger partial charge in [0.25, 0.3) is 5.91 Å².